The highest BCUT2D eigenvalue weighted by Crippen LogP contribution is 2.48. The number of rotatable bonds is 6. The zero-order valence-corrected chi connectivity index (χ0v) is 9.50. The van der Waals surface area contributed by atoms with E-state index in [1.165, 1.54) is 0 Å². The van der Waals surface area contributed by atoms with Crippen LogP contribution in [0.1, 0.15) is 13.8 Å². The first kappa shape index (κ1) is 11.6. The summed E-state index contributed by atoms with van der Waals surface area (Å²) in [5.74, 6) is 0. The maximum absolute atomic E-state index is 12.0. The fourth-order valence-electron chi connectivity index (χ4n) is 1.23. The van der Waals surface area contributed by atoms with E-state index in [-0.39, 0.29) is 6.16 Å². The molecule has 0 aromatic carbocycles. The standard InChI is InChI=1S/C9H16NO3P/c1-3-12-14(11,13-4-2)8-9-6-5-7-10-9/h5-6H,3-4,7-8H2,1-2H3. The molecule has 1 aliphatic rings. The second-order valence-electron chi connectivity index (χ2n) is 2.84. The molecular weight excluding hydrogens is 201 g/mol. The van der Waals surface area contributed by atoms with Crippen molar-refractivity contribution in [3.63, 3.8) is 0 Å². The van der Waals surface area contributed by atoms with Gasteiger partial charge in [0.05, 0.1) is 25.9 Å². The van der Waals surface area contributed by atoms with Gasteiger partial charge in [-0.15, -0.1) is 0 Å². The molecule has 0 aliphatic carbocycles. The third kappa shape index (κ3) is 3.37. The average molecular weight is 217 g/mol. The van der Waals surface area contributed by atoms with Crippen LogP contribution in [0.25, 0.3) is 0 Å². The van der Waals surface area contributed by atoms with Crippen LogP contribution in [-0.2, 0) is 13.6 Å². The van der Waals surface area contributed by atoms with Gasteiger partial charge in [0.25, 0.3) is 0 Å². The Morgan fingerprint density at radius 3 is 2.50 bits per heavy atom. The molecule has 0 radical (unpaired) electrons. The highest BCUT2D eigenvalue weighted by molar-refractivity contribution is 7.55. The summed E-state index contributed by atoms with van der Waals surface area (Å²) in [6.07, 6.45) is 4.08. The van der Waals surface area contributed by atoms with Gasteiger partial charge in [0.2, 0.25) is 0 Å². The summed E-state index contributed by atoms with van der Waals surface area (Å²) in [4.78, 5) is 4.16. The summed E-state index contributed by atoms with van der Waals surface area (Å²) in [7, 11) is -2.95. The molecule has 0 atom stereocenters. The molecular formula is C9H16NO3P. The lowest BCUT2D eigenvalue weighted by Gasteiger charge is -2.16. The molecule has 0 N–H and O–H groups in total. The van der Waals surface area contributed by atoms with Gasteiger partial charge in [-0.3, -0.25) is 9.56 Å². The first-order valence-corrected chi connectivity index (χ1v) is 6.51. The van der Waals surface area contributed by atoms with Gasteiger partial charge in [-0.2, -0.15) is 0 Å². The van der Waals surface area contributed by atoms with E-state index in [0.29, 0.717) is 19.8 Å². The van der Waals surface area contributed by atoms with E-state index in [2.05, 4.69) is 4.99 Å². The Morgan fingerprint density at radius 2 is 2.07 bits per heavy atom. The van der Waals surface area contributed by atoms with E-state index in [9.17, 15) is 4.57 Å². The van der Waals surface area contributed by atoms with Crippen LogP contribution >= 0.6 is 7.60 Å². The Morgan fingerprint density at radius 1 is 1.43 bits per heavy atom. The smallest absolute Gasteiger partial charge is 0.309 e. The van der Waals surface area contributed by atoms with E-state index in [4.69, 9.17) is 9.05 Å². The Labute approximate surface area is 84.5 Å². The molecule has 1 heterocycles. The molecule has 80 valence electrons. The number of hydrogen-bond donors (Lipinski definition) is 0. The van der Waals surface area contributed by atoms with Crippen molar-refractivity contribution in [2.24, 2.45) is 4.99 Å². The molecule has 4 nitrogen and oxygen atoms in total. The molecule has 0 bridgehead atoms. The lowest BCUT2D eigenvalue weighted by Crippen LogP contribution is -2.06. The average Bonchev–Trinajstić information content (AvgIpc) is 2.57. The van der Waals surface area contributed by atoms with Crippen LogP contribution in [0.2, 0.25) is 0 Å². The number of nitrogens with zero attached hydrogens (tertiary/aromatic N) is 1. The van der Waals surface area contributed by atoms with Crippen molar-refractivity contribution in [3.05, 3.63) is 12.2 Å². The maximum Gasteiger partial charge on any atom is 0.336 e. The normalized spacial score (nSPS) is 16.0. The van der Waals surface area contributed by atoms with Crippen LogP contribution in [0.4, 0.5) is 0 Å². The SMILES string of the molecule is CCOP(=O)(CC1=NCC=C1)OCC. The van der Waals surface area contributed by atoms with Gasteiger partial charge < -0.3 is 9.05 Å². The maximum atomic E-state index is 12.0. The summed E-state index contributed by atoms with van der Waals surface area (Å²) in [6.45, 7) is 5.08. The largest absolute Gasteiger partial charge is 0.336 e. The van der Waals surface area contributed by atoms with Gasteiger partial charge in [0, 0.05) is 5.71 Å². The predicted octanol–water partition coefficient (Wildman–Crippen LogP) is 2.26. The number of aliphatic imine (C=N–C) groups is 1. The minimum absolute atomic E-state index is 0.283. The topological polar surface area (TPSA) is 47.9 Å². The molecule has 14 heavy (non-hydrogen) atoms. The summed E-state index contributed by atoms with van der Waals surface area (Å²) in [5.41, 5.74) is 0.801. The third-order valence-electron chi connectivity index (χ3n) is 1.72. The second kappa shape index (κ2) is 5.44. The van der Waals surface area contributed by atoms with Crippen LogP contribution in [0.5, 0.6) is 0 Å². The fourth-order valence-corrected chi connectivity index (χ4v) is 2.88. The lowest BCUT2D eigenvalue weighted by atomic mass is 10.4. The minimum Gasteiger partial charge on any atom is -0.309 e. The summed E-state index contributed by atoms with van der Waals surface area (Å²) < 4.78 is 22.3. The molecule has 1 aliphatic heterocycles. The van der Waals surface area contributed by atoms with Gasteiger partial charge in [-0.25, -0.2) is 0 Å². The Balaban J connectivity index is 2.58. The van der Waals surface area contributed by atoms with Gasteiger partial charge in [0.15, 0.2) is 0 Å². The van der Waals surface area contributed by atoms with E-state index in [1.54, 1.807) is 13.8 Å². The zero-order valence-electron chi connectivity index (χ0n) is 8.60. The Hall–Kier alpha value is -0.440. The van der Waals surface area contributed by atoms with Gasteiger partial charge in [-0.05, 0) is 19.9 Å². The van der Waals surface area contributed by atoms with E-state index in [1.807, 2.05) is 12.2 Å². The number of allylic oxidation sites excluding steroid dienone is 1. The van der Waals surface area contributed by atoms with E-state index < -0.39 is 7.60 Å². The van der Waals surface area contributed by atoms with Crippen LogP contribution < -0.4 is 0 Å². The molecule has 0 saturated carbocycles. The quantitative estimate of drug-likeness (QED) is 0.641. The summed E-state index contributed by atoms with van der Waals surface area (Å²) in [5, 5.41) is 0. The molecule has 0 amide bonds. The fraction of sp³-hybridized carbons (Fsp3) is 0.667. The van der Waals surface area contributed by atoms with Crippen molar-refractivity contribution < 1.29 is 13.6 Å². The zero-order chi connectivity index (χ0) is 10.4. The second-order valence-corrected chi connectivity index (χ2v) is 4.89. The van der Waals surface area contributed by atoms with E-state index in [0.717, 1.165) is 5.71 Å². The number of hydrogen-bond acceptors (Lipinski definition) is 4. The van der Waals surface area contributed by atoms with Gasteiger partial charge in [-0.1, -0.05) is 6.08 Å². The molecule has 0 aromatic rings. The Bertz CT molecular complexity index is 276. The van der Waals surface area contributed by atoms with Crippen LogP contribution in [0.3, 0.4) is 0 Å². The van der Waals surface area contributed by atoms with Gasteiger partial charge >= 0.3 is 7.60 Å². The third-order valence-corrected chi connectivity index (χ3v) is 3.73. The van der Waals surface area contributed by atoms with Crippen molar-refractivity contribution in [1.29, 1.82) is 0 Å². The molecule has 0 unspecified atom stereocenters. The highest BCUT2D eigenvalue weighted by Gasteiger charge is 2.25. The summed E-state index contributed by atoms with van der Waals surface area (Å²) in [6, 6.07) is 0. The van der Waals surface area contributed by atoms with Crippen LogP contribution in [0.15, 0.2) is 17.1 Å². The van der Waals surface area contributed by atoms with Gasteiger partial charge in [0.1, 0.15) is 0 Å². The van der Waals surface area contributed by atoms with Crippen molar-refractivity contribution in [1.82, 2.24) is 0 Å². The van der Waals surface area contributed by atoms with Crippen LogP contribution in [0, 0.1) is 0 Å². The lowest BCUT2D eigenvalue weighted by molar-refractivity contribution is 0.223. The Kier molecular flexibility index (Phi) is 4.52. The molecule has 0 spiro atoms. The predicted molar refractivity (Wildman–Crippen MR) is 57.2 cm³/mol. The first-order valence-electron chi connectivity index (χ1n) is 4.78. The molecule has 0 aromatic heterocycles. The monoisotopic (exact) mass is 217 g/mol. The highest BCUT2D eigenvalue weighted by atomic mass is 31.2. The minimum atomic E-state index is -2.95. The van der Waals surface area contributed by atoms with Crippen molar-refractivity contribution in [2.75, 3.05) is 25.9 Å². The van der Waals surface area contributed by atoms with Crippen molar-refractivity contribution in [3.8, 4) is 0 Å². The van der Waals surface area contributed by atoms with Crippen molar-refractivity contribution in [2.45, 2.75) is 13.8 Å². The molecule has 0 fully saturated rings. The van der Waals surface area contributed by atoms with Crippen LogP contribution in [-0.4, -0.2) is 31.6 Å². The molecule has 5 heteroatoms. The first-order chi connectivity index (χ1) is 6.70. The van der Waals surface area contributed by atoms with E-state index >= 15 is 0 Å². The molecule has 0 saturated heterocycles. The molecule has 1 rings (SSSR count). The van der Waals surface area contributed by atoms with Crippen molar-refractivity contribution >= 4 is 13.3 Å². The summed E-state index contributed by atoms with van der Waals surface area (Å²) >= 11 is 0.